The van der Waals surface area contributed by atoms with Gasteiger partial charge in [-0.3, -0.25) is 9.14 Å². The molecule has 0 saturated heterocycles. The third kappa shape index (κ3) is 3.97. The third-order valence-electron chi connectivity index (χ3n) is 10.6. The van der Waals surface area contributed by atoms with Gasteiger partial charge in [-0.1, -0.05) is 58.9 Å². The van der Waals surface area contributed by atoms with Gasteiger partial charge < -0.3 is 4.74 Å². The van der Waals surface area contributed by atoms with Crippen LogP contribution in [-0.4, -0.2) is 39.5 Å². The lowest BCUT2D eigenvalue weighted by molar-refractivity contribution is -0.536. The van der Waals surface area contributed by atoms with E-state index in [2.05, 4.69) is 98.7 Å². The average molecular weight is 573 g/mol. The van der Waals surface area contributed by atoms with Crippen LogP contribution in [0.4, 0.5) is 5.69 Å². The Hall–Kier alpha value is -4.12. The molecular weight excluding hydrogens is 528 g/mol. The van der Waals surface area contributed by atoms with Crippen molar-refractivity contribution in [1.82, 2.24) is 9.55 Å². The van der Waals surface area contributed by atoms with E-state index in [0.29, 0.717) is 17.6 Å². The maximum absolute atomic E-state index is 8.33. The number of para-hydroxylation sites is 1. The first-order valence-corrected chi connectivity index (χ1v) is 15.5. The van der Waals surface area contributed by atoms with Crippen LogP contribution in [0.2, 0.25) is 0 Å². The van der Waals surface area contributed by atoms with E-state index in [4.69, 9.17) is 13.8 Å². The van der Waals surface area contributed by atoms with E-state index >= 15 is 0 Å². The van der Waals surface area contributed by atoms with Crippen LogP contribution >= 0.6 is 0 Å². The number of ether oxygens (including phenoxy) is 1. The van der Waals surface area contributed by atoms with E-state index in [0.717, 1.165) is 46.5 Å². The molecule has 3 heterocycles. The highest BCUT2D eigenvalue weighted by atomic mass is 16.5. The fourth-order valence-corrected chi connectivity index (χ4v) is 8.43. The molecule has 0 N–H and O–H groups in total. The van der Waals surface area contributed by atoms with Crippen LogP contribution in [0.25, 0.3) is 27.6 Å². The molecule has 5 aromatic rings. The van der Waals surface area contributed by atoms with E-state index < -0.39 is 6.98 Å². The van der Waals surface area contributed by atoms with Gasteiger partial charge in [-0.25, -0.2) is 9.88 Å². The second kappa shape index (κ2) is 9.19. The van der Waals surface area contributed by atoms with Gasteiger partial charge in [-0.15, -0.1) is 0 Å². The van der Waals surface area contributed by atoms with Gasteiger partial charge in [0, 0.05) is 40.9 Å². The predicted molar refractivity (Wildman–Crippen MR) is 176 cm³/mol. The summed E-state index contributed by atoms with van der Waals surface area (Å²) in [5.74, 6) is 3.12. The number of rotatable bonds is 4. The topological polar surface area (TPSA) is 33.3 Å². The fraction of sp³-hybridized carbons (Fsp3) is 0.368. The molecule has 2 aromatic heterocycles. The number of benzene rings is 3. The summed E-state index contributed by atoms with van der Waals surface area (Å²) in [6, 6.07) is 27.2. The van der Waals surface area contributed by atoms with Gasteiger partial charge in [-0.05, 0) is 71.7 Å². The quantitative estimate of drug-likeness (QED) is 0.202. The number of nitrogens with zero attached hydrogens (tertiary/aromatic N) is 4. The van der Waals surface area contributed by atoms with Crippen LogP contribution in [0.1, 0.15) is 57.1 Å². The fourth-order valence-electron chi connectivity index (χ4n) is 8.43. The lowest BCUT2D eigenvalue weighted by Gasteiger charge is -2.27. The molecule has 5 nitrogen and oxygen atoms in total. The van der Waals surface area contributed by atoms with Gasteiger partial charge in [0.1, 0.15) is 35.1 Å². The Bertz CT molecular complexity index is 2040. The summed E-state index contributed by atoms with van der Waals surface area (Å²) in [5.41, 5.74) is 4.42. The van der Waals surface area contributed by atoms with Gasteiger partial charge in [0.15, 0.2) is 0 Å². The Morgan fingerprint density at radius 3 is 2.51 bits per heavy atom. The first-order chi connectivity index (χ1) is 21.8. The third-order valence-corrected chi connectivity index (χ3v) is 10.6. The summed E-state index contributed by atoms with van der Waals surface area (Å²) < 4.78 is 35.4. The minimum atomic E-state index is -2.18. The molecule has 2 bridgehead atoms. The highest BCUT2D eigenvalue weighted by Gasteiger charge is 2.67. The first-order valence-electron chi connectivity index (χ1n) is 17.0. The summed E-state index contributed by atoms with van der Waals surface area (Å²) in [4.78, 5) is 7.02. The summed E-state index contributed by atoms with van der Waals surface area (Å²) in [6.45, 7) is 9.13. The van der Waals surface area contributed by atoms with E-state index in [9.17, 15) is 0 Å². The standard InChI is InChI=1S/C38H41N4O/c1-37(2,3)24-18-19-39-34(20-24)42-32-13-8-7-12-28(32)29-15-14-27(22-33(29)42)43-26-11-9-10-25(21-26)41-23-40(6)35-30-16-17-31(36(35)41)38(30,4)5/h7-15,18-23,30-31,35-36H,16-17H2,1-6H3/q+1/i6D3. The van der Waals surface area contributed by atoms with Gasteiger partial charge in [-0.2, -0.15) is 0 Å². The van der Waals surface area contributed by atoms with E-state index in [1.807, 2.05) is 36.8 Å². The van der Waals surface area contributed by atoms with Crippen molar-refractivity contribution in [3.05, 3.63) is 90.6 Å². The number of likely N-dealkylation sites (N-methyl/N-ethyl adjacent to an activating group) is 1. The number of fused-ring (bicyclic) bond motifs is 8. The molecule has 3 aromatic carbocycles. The zero-order valence-corrected chi connectivity index (χ0v) is 25.6. The number of pyridine rings is 1. The molecule has 43 heavy (non-hydrogen) atoms. The van der Waals surface area contributed by atoms with Crippen molar-refractivity contribution in [2.24, 2.45) is 17.3 Å². The van der Waals surface area contributed by atoms with Crippen molar-refractivity contribution in [3.63, 3.8) is 0 Å². The van der Waals surface area contributed by atoms with Crippen LogP contribution in [-0.2, 0) is 5.41 Å². The summed E-state index contributed by atoms with van der Waals surface area (Å²) in [7, 11) is 0. The SMILES string of the molecule is [2H]C([2H])([2H])[N+]1=CN(c2cccc(Oc3ccc4c5ccccc5n(-c5cc(C(C)(C)C)ccn5)c4c3)c2)C2C1C1CCC2C1(C)C. The molecule has 2 aliphatic carbocycles. The zero-order chi connectivity index (χ0) is 32.2. The molecular formula is C38H41N4O+. The van der Waals surface area contributed by atoms with Crippen molar-refractivity contribution >= 4 is 33.8 Å². The largest absolute Gasteiger partial charge is 0.457 e. The zero-order valence-electron chi connectivity index (χ0n) is 28.6. The van der Waals surface area contributed by atoms with Crippen LogP contribution in [0.3, 0.4) is 0 Å². The normalized spacial score (nSPS) is 25.5. The molecule has 2 saturated carbocycles. The number of hydrogen-bond donors (Lipinski definition) is 0. The van der Waals surface area contributed by atoms with E-state index in [1.165, 1.54) is 10.9 Å². The highest BCUT2D eigenvalue weighted by molar-refractivity contribution is 6.09. The first kappa shape index (κ1) is 23.3. The molecule has 1 aliphatic heterocycles. The monoisotopic (exact) mass is 572 g/mol. The van der Waals surface area contributed by atoms with Crippen molar-refractivity contribution < 1.29 is 13.4 Å². The lowest BCUT2D eigenvalue weighted by Crippen LogP contribution is -2.42. The van der Waals surface area contributed by atoms with Gasteiger partial charge in [0.25, 0.3) is 0 Å². The maximum Gasteiger partial charge on any atom is 0.239 e. The number of anilines is 1. The van der Waals surface area contributed by atoms with Crippen molar-refractivity contribution in [2.75, 3.05) is 11.9 Å². The molecule has 4 unspecified atom stereocenters. The van der Waals surface area contributed by atoms with E-state index in [-0.39, 0.29) is 22.9 Å². The van der Waals surface area contributed by atoms with Crippen LogP contribution < -0.4 is 9.64 Å². The molecule has 218 valence electrons. The Balaban J connectivity index is 1.18. The Morgan fingerprint density at radius 2 is 1.67 bits per heavy atom. The molecule has 0 amide bonds. The minimum Gasteiger partial charge on any atom is -0.457 e. The molecule has 3 aliphatic rings. The Labute approximate surface area is 258 Å². The average Bonchev–Trinajstić information content (AvgIpc) is 3.71. The van der Waals surface area contributed by atoms with Crippen LogP contribution in [0.5, 0.6) is 11.5 Å². The number of aromatic nitrogens is 2. The predicted octanol–water partition coefficient (Wildman–Crippen LogP) is 8.56. The van der Waals surface area contributed by atoms with Crippen molar-refractivity contribution in [3.8, 4) is 17.3 Å². The summed E-state index contributed by atoms with van der Waals surface area (Å²) in [5, 5.41) is 2.31. The minimum absolute atomic E-state index is 0.00313. The summed E-state index contributed by atoms with van der Waals surface area (Å²) in [6.07, 6.45) is 5.97. The molecule has 4 atom stereocenters. The highest BCUT2D eigenvalue weighted by Crippen LogP contribution is 2.60. The molecule has 0 spiro atoms. The Morgan fingerprint density at radius 1 is 0.884 bits per heavy atom. The summed E-state index contributed by atoms with van der Waals surface area (Å²) >= 11 is 0. The molecule has 0 radical (unpaired) electrons. The smallest absolute Gasteiger partial charge is 0.239 e. The van der Waals surface area contributed by atoms with Crippen molar-refractivity contribution in [2.45, 2.75) is 65.0 Å². The molecule has 2 fully saturated rings. The van der Waals surface area contributed by atoms with Gasteiger partial charge >= 0.3 is 0 Å². The molecule has 5 heteroatoms. The Kier molecular flexibility index (Phi) is 4.99. The lowest BCUT2D eigenvalue weighted by atomic mass is 9.81. The van der Waals surface area contributed by atoms with Crippen molar-refractivity contribution in [1.29, 1.82) is 0 Å². The van der Waals surface area contributed by atoms with E-state index in [1.54, 1.807) is 4.58 Å². The van der Waals surface area contributed by atoms with Crippen LogP contribution in [0.15, 0.2) is 85.1 Å². The van der Waals surface area contributed by atoms with Gasteiger partial charge in [0.05, 0.1) is 22.1 Å². The molecule has 8 rings (SSSR count). The maximum atomic E-state index is 8.33. The second-order valence-corrected chi connectivity index (χ2v) is 14.3. The van der Waals surface area contributed by atoms with Crippen LogP contribution in [0, 0.1) is 17.3 Å². The number of hydrogen-bond acceptors (Lipinski definition) is 3. The second-order valence-electron chi connectivity index (χ2n) is 14.3. The van der Waals surface area contributed by atoms with Gasteiger partial charge in [0.2, 0.25) is 6.34 Å².